The maximum absolute atomic E-state index is 12.6. The van der Waals surface area contributed by atoms with E-state index in [9.17, 15) is 9.59 Å². The van der Waals surface area contributed by atoms with Crippen molar-refractivity contribution in [2.75, 3.05) is 18.4 Å². The molecule has 0 saturated carbocycles. The molecule has 1 aliphatic heterocycles. The third kappa shape index (κ3) is 4.16. The summed E-state index contributed by atoms with van der Waals surface area (Å²) >= 11 is 0. The lowest BCUT2D eigenvalue weighted by Gasteiger charge is -2.31. The summed E-state index contributed by atoms with van der Waals surface area (Å²) in [5.74, 6) is -0.815. The number of hydrogen-bond acceptors (Lipinski definition) is 2. The molecule has 0 unspecified atom stereocenters. The van der Waals surface area contributed by atoms with Gasteiger partial charge in [0.15, 0.2) is 0 Å². The molecular formula is C19H26N2O3. The van der Waals surface area contributed by atoms with Crippen LogP contribution in [0.15, 0.2) is 30.9 Å². The molecule has 5 nitrogen and oxygen atoms in total. The maximum Gasteiger partial charge on any atom is 0.321 e. The molecule has 0 bridgehead atoms. The van der Waals surface area contributed by atoms with E-state index in [0.717, 1.165) is 16.8 Å². The molecule has 130 valence electrons. The molecule has 0 radical (unpaired) electrons. The highest BCUT2D eigenvalue weighted by molar-refractivity contribution is 5.91. The van der Waals surface area contributed by atoms with Crippen molar-refractivity contribution in [1.29, 1.82) is 0 Å². The molecule has 2 rings (SSSR count). The highest BCUT2D eigenvalue weighted by atomic mass is 16.4. The molecule has 0 spiro atoms. The normalized spacial score (nSPS) is 15.4. The first kappa shape index (κ1) is 18.0. The predicted octanol–water partition coefficient (Wildman–Crippen LogP) is 3.87. The van der Waals surface area contributed by atoms with Crippen LogP contribution in [-0.2, 0) is 11.2 Å². The average molecular weight is 330 g/mol. The van der Waals surface area contributed by atoms with Gasteiger partial charge < -0.3 is 15.3 Å². The van der Waals surface area contributed by atoms with Crippen LogP contribution in [-0.4, -0.2) is 35.1 Å². The first-order valence-electron chi connectivity index (χ1n) is 8.45. The number of rotatable bonds is 5. The zero-order valence-electron chi connectivity index (χ0n) is 14.4. The Morgan fingerprint density at radius 1 is 1.38 bits per heavy atom. The number of anilines is 1. The van der Waals surface area contributed by atoms with Crippen molar-refractivity contribution in [2.24, 2.45) is 5.92 Å². The van der Waals surface area contributed by atoms with Crippen molar-refractivity contribution in [3.8, 4) is 0 Å². The number of aliphatic carboxylic acids is 1. The van der Waals surface area contributed by atoms with Crippen LogP contribution in [0.4, 0.5) is 10.5 Å². The van der Waals surface area contributed by atoms with Gasteiger partial charge in [0.05, 0.1) is 5.92 Å². The lowest BCUT2D eigenvalue weighted by atomic mass is 9.96. The minimum absolute atomic E-state index is 0.155. The summed E-state index contributed by atoms with van der Waals surface area (Å²) in [4.78, 5) is 25.3. The van der Waals surface area contributed by atoms with E-state index in [-0.39, 0.29) is 11.9 Å². The summed E-state index contributed by atoms with van der Waals surface area (Å²) in [5.41, 5.74) is 3.01. The summed E-state index contributed by atoms with van der Waals surface area (Å²) in [5, 5.41) is 12.1. The van der Waals surface area contributed by atoms with Crippen LogP contribution < -0.4 is 5.32 Å². The van der Waals surface area contributed by atoms with E-state index < -0.39 is 5.97 Å². The summed E-state index contributed by atoms with van der Waals surface area (Å²) < 4.78 is 0. The van der Waals surface area contributed by atoms with Crippen LogP contribution in [0.1, 0.15) is 43.7 Å². The van der Waals surface area contributed by atoms with Crippen LogP contribution in [0.5, 0.6) is 0 Å². The first-order chi connectivity index (χ1) is 11.4. The fraction of sp³-hybridized carbons (Fsp3) is 0.474. The fourth-order valence-electron chi connectivity index (χ4n) is 3.09. The molecule has 1 aliphatic rings. The van der Waals surface area contributed by atoms with Gasteiger partial charge in [-0.1, -0.05) is 38.1 Å². The van der Waals surface area contributed by atoms with E-state index in [2.05, 4.69) is 25.7 Å². The SMILES string of the molecule is C=CCc1cccc(C(C)C)c1NC(=O)N1CCC(C(=O)O)CC1. The summed E-state index contributed by atoms with van der Waals surface area (Å²) in [6.45, 7) is 8.93. The molecule has 1 aromatic rings. The second-order valence-corrected chi connectivity index (χ2v) is 6.56. The summed E-state index contributed by atoms with van der Waals surface area (Å²) in [6.07, 6.45) is 3.53. The van der Waals surface area contributed by atoms with Crippen molar-refractivity contribution in [1.82, 2.24) is 4.90 Å². The number of hydrogen-bond donors (Lipinski definition) is 2. The maximum atomic E-state index is 12.6. The molecule has 24 heavy (non-hydrogen) atoms. The van der Waals surface area contributed by atoms with E-state index in [1.54, 1.807) is 4.90 Å². The summed E-state index contributed by atoms with van der Waals surface area (Å²) in [6, 6.07) is 5.88. The number of likely N-dealkylation sites (tertiary alicyclic amines) is 1. The molecule has 1 fully saturated rings. The lowest BCUT2D eigenvalue weighted by Crippen LogP contribution is -2.42. The topological polar surface area (TPSA) is 69.6 Å². The number of nitrogens with zero attached hydrogens (tertiary/aromatic N) is 1. The van der Waals surface area contributed by atoms with Gasteiger partial charge >= 0.3 is 12.0 Å². The molecular weight excluding hydrogens is 304 g/mol. The van der Waals surface area contributed by atoms with Crippen LogP contribution in [0, 0.1) is 5.92 Å². The van der Waals surface area contributed by atoms with Gasteiger partial charge in [-0.2, -0.15) is 0 Å². The number of carbonyl (C=O) groups is 2. The van der Waals surface area contributed by atoms with Gasteiger partial charge in [-0.05, 0) is 36.3 Å². The molecule has 1 aromatic carbocycles. The average Bonchev–Trinajstić information content (AvgIpc) is 2.56. The number of carboxylic acid groups (broad SMARTS) is 1. The Bertz CT molecular complexity index is 617. The molecule has 1 heterocycles. The third-order valence-corrected chi connectivity index (χ3v) is 4.53. The Hall–Kier alpha value is -2.30. The number of carboxylic acids is 1. The Morgan fingerprint density at radius 3 is 2.58 bits per heavy atom. The van der Waals surface area contributed by atoms with Gasteiger partial charge in [-0.25, -0.2) is 4.79 Å². The Kier molecular flexibility index (Phi) is 6.01. The lowest BCUT2D eigenvalue weighted by molar-refractivity contribution is -0.143. The highest BCUT2D eigenvalue weighted by Gasteiger charge is 2.27. The fourth-order valence-corrected chi connectivity index (χ4v) is 3.09. The van der Waals surface area contributed by atoms with E-state index in [4.69, 9.17) is 5.11 Å². The molecule has 0 atom stereocenters. The quantitative estimate of drug-likeness (QED) is 0.805. The monoisotopic (exact) mass is 330 g/mol. The standard InChI is InChI=1S/C19H26N2O3/c1-4-6-14-7-5-8-16(13(2)3)17(14)20-19(24)21-11-9-15(10-12-21)18(22)23/h4-5,7-8,13,15H,1,6,9-12H2,2-3H3,(H,20,24)(H,22,23). The van der Waals surface area contributed by atoms with E-state index >= 15 is 0 Å². The van der Waals surface area contributed by atoms with Crippen molar-refractivity contribution in [3.05, 3.63) is 42.0 Å². The van der Waals surface area contributed by atoms with E-state index in [0.29, 0.717) is 38.3 Å². The second kappa shape index (κ2) is 7.99. The molecule has 0 aromatic heterocycles. The number of nitrogens with one attached hydrogen (secondary N) is 1. The number of amides is 2. The number of para-hydroxylation sites is 1. The van der Waals surface area contributed by atoms with Crippen molar-refractivity contribution in [3.63, 3.8) is 0 Å². The Morgan fingerprint density at radius 2 is 2.04 bits per heavy atom. The predicted molar refractivity (Wildman–Crippen MR) is 95.4 cm³/mol. The van der Waals surface area contributed by atoms with Crippen LogP contribution in [0.3, 0.4) is 0 Å². The minimum Gasteiger partial charge on any atom is -0.481 e. The Labute approximate surface area is 143 Å². The number of allylic oxidation sites excluding steroid dienone is 1. The molecule has 2 N–H and O–H groups in total. The molecule has 1 saturated heterocycles. The zero-order chi connectivity index (χ0) is 17.7. The third-order valence-electron chi connectivity index (χ3n) is 4.53. The molecule has 2 amide bonds. The van der Waals surface area contributed by atoms with E-state index in [1.165, 1.54) is 0 Å². The van der Waals surface area contributed by atoms with Gasteiger partial charge in [-0.15, -0.1) is 6.58 Å². The minimum atomic E-state index is -0.770. The zero-order valence-corrected chi connectivity index (χ0v) is 14.4. The van der Waals surface area contributed by atoms with Crippen LogP contribution in [0.2, 0.25) is 0 Å². The Balaban J connectivity index is 2.14. The van der Waals surface area contributed by atoms with Crippen molar-refractivity contribution < 1.29 is 14.7 Å². The number of piperidine rings is 1. The number of benzene rings is 1. The smallest absolute Gasteiger partial charge is 0.321 e. The van der Waals surface area contributed by atoms with E-state index in [1.807, 2.05) is 24.3 Å². The van der Waals surface area contributed by atoms with Gasteiger partial charge in [0.2, 0.25) is 0 Å². The van der Waals surface area contributed by atoms with Crippen molar-refractivity contribution in [2.45, 2.75) is 39.0 Å². The second-order valence-electron chi connectivity index (χ2n) is 6.56. The van der Waals surface area contributed by atoms with Gasteiger partial charge in [0, 0.05) is 18.8 Å². The van der Waals surface area contributed by atoms with Crippen LogP contribution in [0.25, 0.3) is 0 Å². The van der Waals surface area contributed by atoms with Crippen molar-refractivity contribution >= 4 is 17.7 Å². The number of urea groups is 1. The summed E-state index contributed by atoms with van der Waals surface area (Å²) in [7, 11) is 0. The first-order valence-corrected chi connectivity index (χ1v) is 8.45. The number of carbonyl (C=O) groups excluding carboxylic acids is 1. The van der Waals surface area contributed by atoms with Gasteiger partial charge in [0.25, 0.3) is 0 Å². The highest BCUT2D eigenvalue weighted by Crippen LogP contribution is 2.29. The molecule has 0 aliphatic carbocycles. The van der Waals surface area contributed by atoms with Crippen LogP contribution >= 0.6 is 0 Å². The van der Waals surface area contributed by atoms with Gasteiger partial charge in [-0.3, -0.25) is 4.79 Å². The molecule has 5 heteroatoms. The van der Waals surface area contributed by atoms with Gasteiger partial charge in [0.1, 0.15) is 0 Å². The largest absolute Gasteiger partial charge is 0.481 e.